The van der Waals surface area contributed by atoms with Crippen molar-refractivity contribution in [2.75, 3.05) is 86.7 Å². The average Bonchev–Trinajstić information content (AvgIpc) is 3.37. The number of aliphatic hydroxyl groups is 1. The molecule has 4 fully saturated rings. The van der Waals surface area contributed by atoms with Crippen LogP contribution in [0.5, 0.6) is 0 Å². The van der Waals surface area contributed by atoms with Gasteiger partial charge in [0.25, 0.3) is 0 Å². The van der Waals surface area contributed by atoms with E-state index in [0.717, 1.165) is 104 Å². The molecule has 4 aliphatic heterocycles. The zero-order chi connectivity index (χ0) is 50.5. The predicted molar refractivity (Wildman–Crippen MR) is 311 cm³/mol. The quantitative estimate of drug-likeness (QED) is 0.0496. The lowest BCUT2D eigenvalue weighted by Crippen LogP contribution is -2.58. The topological polar surface area (TPSA) is 192 Å². The van der Waals surface area contributed by atoms with Crippen LogP contribution in [0.3, 0.4) is 0 Å². The Bertz CT molecular complexity index is 2400. The molecule has 2 aromatic heterocycles. The number of nitrogens with zero attached hydrogens (tertiary/aromatic N) is 13. The van der Waals surface area contributed by atoms with Crippen molar-refractivity contribution in [3.05, 3.63) is 101 Å². The van der Waals surface area contributed by atoms with Crippen molar-refractivity contribution in [3.8, 4) is 0 Å². The van der Waals surface area contributed by atoms with Crippen LogP contribution in [-0.2, 0) is 26.2 Å². The van der Waals surface area contributed by atoms with Gasteiger partial charge in [-0.1, -0.05) is 77.5 Å². The second-order valence-corrected chi connectivity index (χ2v) is 19.5. The molecule has 390 valence electrons. The third-order valence-electron chi connectivity index (χ3n) is 13.8. The van der Waals surface area contributed by atoms with Crippen LogP contribution < -0.4 is 21.3 Å². The highest BCUT2D eigenvalue weighted by atomic mass is 128. The molecule has 5 N–H and O–H groups in total. The van der Waals surface area contributed by atoms with Gasteiger partial charge in [0.1, 0.15) is 29.0 Å². The number of aromatic nitrogens is 4. The highest BCUT2D eigenvalue weighted by Crippen LogP contribution is 2.33. The van der Waals surface area contributed by atoms with Crippen LogP contribution in [0, 0.1) is 11.6 Å². The van der Waals surface area contributed by atoms with Crippen molar-refractivity contribution < 1.29 is 13.9 Å². The Balaban J connectivity index is 0.000000252. The lowest BCUT2D eigenvalue weighted by atomic mass is 9.98. The van der Waals surface area contributed by atoms with Gasteiger partial charge in [-0.25, -0.2) is 28.7 Å². The fourth-order valence-electron chi connectivity index (χ4n) is 10.0. The molecule has 2 atom stereocenters. The summed E-state index contributed by atoms with van der Waals surface area (Å²) in [6.07, 6.45) is 6.24. The van der Waals surface area contributed by atoms with Crippen LogP contribution in [0.1, 0.15) is 74.9 Å². The summed E-state index contributed by atoms with van der Waals surface area (Å²) in [4.78, 5) is 34.3. The van der Waals surface area contributed by atoms with E-state index >= 15 is 0 Å². The summed E-state index contributed by atoms with van der Waals surface area (Å²) in [6, 6.07) is 11.6. The van der Waals surface area contributed by atoms with Crippen LogP contribution in [0.2, 0.25) is 20.4 Å². The van der Waals surface area contributed by atoms with Gasteiger partial charge in [0, 0.05) is 140 Å². The van der Waals surface area contributed by atoms with Gasteiger partial charge >= 0.3 is 0 Å². The molecule has 0 amide bonds. The van der Waals surface area contributed by atoms with Gasteiger partial charge in [-0.2, -0.15) is 0 Å². The molecule has 16 nitrogen and oxygen atoms in total. The first kappa shape index (κ1) is 60.0. The minimum absolute atomic E-state index is 0. The highest BCUT2D eigenvalue weighted by molar-refractivity contribution is 15.0. The zero-order valence-corrected chi connectivity index (χ0v) is 49.4. The molecule has 6 heterocycles. The first-order chi connectivity index (χ1) is 33.8. The molecule has 71 heavy (non-hydrogen) atoms. The summed E-state index contributed by atoms with van der Waals surface area (Å²) < 4.78 is 28.4. The Morgan fingerprint density at radius 3 is 1.46 bits per heavy atom. The summed E-state index contributed by atoms with van der Waals surface area (Å²) in [7, 11) is 0. The molecule has 4 saturated heterocycles. The maximum absolute atomic E-state index is 14.2. The first-order valence-corrected chi connectivity index (χ1v) is 31.3. The van der Waals surface area contributed by atoms with E-state index < -0.39 is 0 Å². The Morgan fingerprint density at radius 2 is 1.08 bits per heavy atom. The van der Waals surface area contributed by atoms with Gasteiger partial charge in [-0.05, 0) is 94.5 Å². The van der Waals surface area contributed by atoms with Gasteiger partial charge in [0.05, 0.1) is 18.8 Å². The standard InChI is InChI=1S/C23H30Cl2FN9.C23H31Cl2FN6O.I2.HI/c1-2-17-14-34(23-21(25)30-20(12-29-32-28)22(27)31-23)9-10-35(17)18-5-7-33(8-6-18)13-15-3-4-16(24)11-19(15)26;1-2-17-13-31(23-21(25)28-20(14-33)22(27)29-23)9-10-32(17)18-5-7-30(8-6-18)12-15-3-4-16(24)11-19(15)26;1-2;/h3-4,11,17-18H,2,5-10,12-14H2,1H3,(H2,27,31);3-4,11,17-18,33H,2,5-10,12-14H2,1H3,(H2,27,29);;1H/t2*17-;;/m00../s1. The van der Waals surface area contributed by atoms with E-state index in [1.165, 1.54) is 12.1 Å². The van der Waals surface area contributed by atoms with Gasteiger partial charge < -0.3 is 26.4 Å². The van der Waals surface area contributed by atoms with Gasteiger partial charge in [-0.3, -0.25) is 19.6 Å². The fourth-order valence-corrected chi connectivity index (χ4v) is 10.9. The van der Waals surface area contributed by atoms with E-state index in [9.17, 15) is 13.9 Å². The largest absolute Gasteiger partial charge is 0.390 e. The Kier molecular flexibility index (Phi) is 24.9. The number of aliphatic hydroxyl groups excluding tert-OH is 1. The van der Waals surface area contributed by atoms with Crippen molar-refractivity contribution in [3.63, 3.8) is 0 Å². The molecule has 0 radical (unpaired) electrons. The molecule has 0 aliphatic carbocycles. The lowest BCUT2D eigenvalue weighted by molar-refractivity contribution is 0.0607. The third-order valence-corrected chi connectivity index (χ3v) is 14.8. The number of piperazine rings is 2. The molecule has 2 aromatic carbocycles. The van der Waals surface area contributed by atoms with Crippen LogP contribution >= 0.6 is 108 Å². The zero-order valence-electron chi connectivity index (χ0n) is 39.8. The second-order valence-electron chi connectivity index (χ2n) is 17.9. The molecular formula is C46H62Cl4F2I3N15O. The number of piperidine rings is 2. The lowest BCUT2D eigenvalue weighted by Gasteiger charge is -2.47. The van der Waals surface area contributed by atoms with Crippen molar-refractivity contribution >= 4 is 131 Å². The molecule has 0 bridgehead atoms. The smallest absolute Gasteiger partial charge is 0.172 e. The van der Waals surface area contributed by atoms with Crippen molar-refractivity contribution in [2.24, 2.45) is 5.11 Å². The number of nitrogen functional groups attached to an aromatic ring is 2. The predicted octanol–water partition coefficient (Wildman–Crippen LogP) is 10.8. The van der Waals surface area contributed by atoms with E-state index in [1.54, 1.807) is 24.3 Å². The van der Waals surface area contributed by atoms with E-state index in [0.29, 0.717) is 81.5 Å². The van der Waals surface area contributed by atoms with Gasteiger partial charge in [0.15, 0.2) is 21.9 Å². The number of benzene rings is 2. The molecule has 4 aliphatic rings. The Hall–Kier alpha value is -1.88. The molecule has 0 spiro atoms. The number of azide groups is 1. The minimum Gasteiger partial charge on any atom is -0.390 e. The van der Waals surface area contributed by atoms with E-state index in [-0.39, 0.29) is 70.7 Å². The SMILES string of the molecule is CC[C@H]1CN(c2nc(N)c(CN=[N+]=[N-])nc2Cl)CCN1C1CCN(Cc2ccc(Cl)cc2F)CC1.CC[C@H]1CN(c2nc(N)c(CO)nc2Cl)CCN1C1CCN(Cc2ccc(Cl)cc2F)CC1.I.II. The minimum atomic E-state index is -0.284. The number of hydrogen-bond acceptors (Lipinski definition) is 14. The number of nitrogens with two attached hydrogens (primary N) is 2. The summed E-state index contributed by atoms with van der Waals surface area (Å²) in [5.74, 6) is 1.14. The summed E-state index contributed by atoms with van der Waals surface area (Å²) in [6.45, 7) is 14.1. The maximum Gasteiger partial charge on any atom is 0.172 e. The van der Waals surface area contributed by atoms with Crippen LogP contribution in [0.25, 0.3) is 10.4 Å². The third kappa shape index (κ3) is 16.1. The van der Waals surface area contributed by atoms with Crippen LogP contribution in [-0.4, -0.2) is 134 Å². The van der Waals surface area contributed by atoms with Crippen LogP contribution in [0.4, 0.5) is 32.1 Å². The average molecular weight is 1400 g/mol. The highest BCUT2D eigenvalue weighted by Gasteiger charge is 2.36. The Morgan fingerprint density at radius 1 is 0.676 bits per heavy atom. The molecule has 0 saturated carbocycles. The second kappa shape index (κ2) is 29.4. The Labute approximate surface area is 475 Å². The molecule has 4 aromatic rings. The summed E-state index contributed by atoms with van der Waals surface area (Å²) in [5.41, 5.74) is 22.6. The van der Waals surface area contributed by atoms with Gasteiger partial charge in [0.2, 0.25) is 0 Å². The molecule has 8 rings (SSSR count). The fraction of sp³-hybridized carbons (Fsp3) is 0.565. The number of anilines is 4. The first-order valence-electron chi connectivity index (χ1n) is 23.5. The number of halogens is 9. The van der Waals surface area contributed by atoms with Crippen LogP contribution in [0.15, 0.2) is 41.5 Å². The van der Waals surface area contributed by atoms with Crippen molar-refractivity contribution in [1.29, 1.82) is 0 Å². The maximum atomic E-state index is 14.2. The monoisotopic (exact) mass is 1400 g/mol. The molecule has 25 heteroatoms. The molecule has 0 unspecified atom stereocenters. The van der Waals surface area contributed by atoms with Crippen molar-refractivity contribution in [1.82, 2.24) is 39.5 Å². The van der Waals surface area contributed by atoms with Gasteiger partial charge in [-0.15, -0.1) is 24.0 Å². The molecular weight excluding hydrogens is 1340 g/mol. The normalized spacial score (nSPS) is 19.8. The summed E-state index contributed by atoms with van der Waals surface area (Å²) >= 11 is 28.8. The number of rotatable bonds is 13. The van der Waals surface area contributed by atoms with E-state index in [2.05, 4.69) is 110 Å². The summed E-state index contributed by atoms with van der Waals surface area (Å²) in [5, 5.41) is 14.2. The van der Waals surface area contributed by atoms with E-state index in [4.69, 9.17) is 63.4 Å². The number of hydrogen-bond donors (Lipinski definition) is 3. The van der Waals surface area contributed by atoms with Crippen molar-refractivity contribution in [2.45, 2.75) is 103 Å². The number of likely N-dealkylation sites (tertiary alicyclic amines) is 2. The van der Waals surface area contributed by atoms with E-state index in [1.807, 2.05) is 0 Å².